The Kier molecular flexibility index (Phi) is 4.05. The van der Waals surface area contributed by atoms with Crippen molar-refractivity contribution < 1.29 is 0 Å². The summed E-state index contributed by atoms with van der Waals surface area (Å²) in [4.78, 5) is 6.89. The molecule has 0 radical (unpaired) electrons. The molecule has 1 aliphatic heterocycles. The predicted octanol–water partition coefficient (Wildman–Crippen LogP) is 2.86. The third-order valence-corrected chi connectivity index (χ3v) is 4.47. The number of nitrogens with two attached hydrogens (primary N) is 1. The highest BCUT2D eigenvalue weighted by molar-refractivity contribution is 9.10. The fourth-order valence-electron chi connectivity index (χ4n) is 2.49. The van der Waals surface area contributed by atoms with E-state index in [1.807, 2.05) is 12.3 Å². The second-order valence-corrected chi connectivity index (χ2v) is 5.67. The number of hydrogen-bond acceptors (Lipinski definition) is 3. The molecular weight excluding hydrogens is 278 g/mol. The highest BCUT2D eigenvalue weighted by Crippen LogP contribution is 2.32. The topological polar surface area (TPSA) is 42.2 Å². The lowest BCUT2D eigenvalue weighted by Gasteiger charge is -2.39. The van der Waals surface area contributed by atoms with Crippen LogP contribution in [0.1, 0.15) is 31.7 Å². The minimum absolute atomic E-state index is 0.185. The molecule has 17 heavy (non-hydrogen) atoms. The number of pyridine rings is 1. The van der Waals surface area contributed by atoms with Gasteiger partial charge in [0.25, 0.3) is 0 Å². The number of rotatable bonds is 2. The molecule has 3 nitrogen and oxygen atoms in total. The number of piperidine rings is 1. The third kappa shape index (κ3) is 2.63. The Labute approximate surface area is 112 Å². The van der Waals surface area contributed by atoms with Crippen LogP contribution in [0.25, 0.3) is 0 Å². The summed E-state index contributed by atoms with van der Waals surface area (Å²) < 4.78 is 1.10. The van der Waals surface area contributed by atoms with E-state index in [1.54, 1.807) is 0 Å². The zero-order chi connectivity index (χ0) is 12.4. The van der Waals surface area contributed by atoms with Crippen molar-refractivity contribution in [3.8, 4) is 0 Å². The van der Waals surface area contributed by atoms with E-state index in [9.17, 15) is 0 Å². The second kappa shape index (κ2) is 5.36. The number of aromatic nitrogens is 1. The van der Waals surface area contributed by atoms with Crippen LogP contribution in [0.3, 0.4) is 0 Å². The molecule has 1 fully saturated rings. The summed E-state index contributed by atoms with van der Waals surface area (Å²) in [5, 5.41) is 0. The number of aryl methyl sites for hydroxylation is 1. The lowest BCUT2D eigenvalue weighted by molar-refractivity contribution is 0.410. The lowest BCUT2D eigenvalue weighted by Crippen LogP contribution is -2.49. The first kappa shape index (κ1) is 12.8. The molecule has 2 rings (SSSR count). The van der Waals surface area contributed by atoms with Gasteiger partial charge in [0.2, 0.25) is 0 Å². The molecule has 2 N–H and O–H groups in total. The fourth-order valence-corrected chi connectivity index (χ4v) is 2.96. The molecule has 0 spiro atoms. The van der Waals surface area contributed by atoms with Gasteiger partial charge in [-0.15, -0.1) is 0 Å². The summed E-state index contributed by atoms with van der Waals surface area (Å²) >= 11 is 3.65. The van der Waals surface area contributed by atoms with Crippen molar-refractivity contribution in [2.24, 2.45) is 5.73 Å². The molecular formula is C13H20BrN3. The molecule has 1 aromatic rings. The first-order valence-electron chi connectivity index (χ1n) is 6.24. The standard InChI is InChI=1S/C13H20BrN3/c1-9-6-7-16-13(12(9)14)17-8-4-3-5-11(17)10(2)15/h6-7,10-11H,3-5,8,15H2,1-2H3. The summed E-state index contributed by atoms with van der Waals surface area (Å²) in [6.45, 7) is 5.24. The maximum absolute atomic E-state index is 6.10. The van der Waals surface area contributed by atoms with Crippen LogP contribution in [0.15, 0.2) is 16.7 Å². The summed E-state index contributed by atoms with van der Waals surface area (Å²) in [6, 6.07) is 2.62. The van der Waals surface area contributed by atoms with E-state index >= 15 is 0 Å². The summed E-state index contributed by atoms with van der Waals surface area (Å²) in [7, 11) is 0. The molecule has 1 saturated heterocycles. The SMILES string of the molecule is Cc1ccnc(N2CCCCC2C(C)N)c1Br. The molecule has 94 valence electrons. The monoisotopic (exact) mass is 297 g/mol. The van der Waals surface area contributed by atoms with Crippen molar-refractivity contribution in [3.63, 3.8) is 0 Å². The zero-order valence-electron chi connectivity index (χ0n) is 10.5. The van der Waals surface area contributed by atoms with Crippen LogP contribution in [0.2, 0.25) is 0 Å². The maximum Gasteiger partial charge on any atom is 0.143 e. The Hall–Kier alpha value is -0.610. The summed E-state index contributed by atoms with van der Waals surface area (Å²) in [5.41, 5.74) is 7.32. The minimum Gasteiger partial charge on any atom is -0.351 e. The third-order valence-electron chi connectivity index (χ3n) is 3.49. The van der Waals surface area contributed by atoms with Gasteiger partial charge in [0.05, 0.1) is 4.47 Å². The van der Waals surface area contributed by atoms with Gasteiger partial charge in [-0.3, -0.25) is 0 Å². The minimum atomic E-state index is 0.185. The number of anilines is 1. The number of halogens is 1. The van der Waals surface area contributed by atoms with Gasteiger partial charge in [-0.25, -0.2) is 4.98 Å². The zero-order valence-corrected chi connectivity index (χ0v) is 12.1. The van der Waals surface area contributed by atoms with Crippen LogP contribution >= 0.6 is 15.9 Å². The van der Waals surface area contributed by atoms with Gasteiger partial charge in [0.15, 0.2) is 0 Å². The van der Waals surface area contributed by atoms with Gasteiger partial charge in [0, 0.05) is 24.8 Å². The van der Waals surface area contributed by atoms with Crippen LogP contribution in [-0.4, -0.2) is 23.6 Å². The van der Waals surface area contributed by atoms with Gasteiger partial charge in [0.1, 0.15) is 5.82 Å². The number of nitrogens with zero attached hydrogens (tertiary/aromatic N) is 2. The van der Waals surface area contributed by atoms with Gasteiger partial charge in [-0.2, -0.15) is 0 Å². The van der Waals surface area contributed by atoms with Gasteiger partial charge >= 0.3 is 0 Å². The number of hydrogen-bond donors (Lipinski definition) is 1. The van der Waals surface area contributed by atoms with Crippen molar-refractivity contribution in [1.82, 2.24) is 4.98 Å². The van der Waals surface area contributed by atoms with Gasteiger partial charge in [-0.05, 0) is 60.7 Å². The molecule has 0 bridgehead atoms. The Bertz CT molecular complexity index is 392. The van der Waals surface area contributed by atoms with E-state index in [0.29, 0.717) is 6.04 Å². The summed E-state index contributed by atoms with van der Waals surface area (Å²) in [5.74, 6) is 1.05. The Morgan fingerprint density at radius 3 is 3.00 bits per heavy atom. The fraction of sp³-hybridized carbons (Fsp3) is 0.615. The predicted molar refractivity (Wildman–Crippen MR) is 75.3 cm³/mol. The molecule has 2 unspecified atom stereocenters. The van der Waals surface area contributed by atoms with Gasteiger partial charge in [-0.1, -0.05) is 0 Å². The van der Waals surface area contributed by atoms with E-state index in [0.717, 1.165) is 16.8 Å². The Morgan fingerprint density at radius 2 is 2.29 bits per heavy atom. The molecule has 0 aromatic carbocycles. The van der Waals surface area contributed by atoms with E-state index in [4.69, 9.17) is 5.73 Å². The first-order chi connectivity index (χ1) is 8.11. The van der Waals surface area contributed by atoms with Gasteiger partial charge < -0.3 is 10.6 Å². The quantitative estimate of drug-likeness (QED) is 0.913. The van der Waals surface area contributed by atoms with Crippen molar-refractivity contribution in [2.75, 3.05) is 11.4 Å². The molecule has 0 amide bonds. The van der Waals surface area contributed by atoms with Crippen molar-refractivity contribution >= 4 is 21.7 Å². The lowest BCUT2D eigenvalue weighted by atomic mass is 9.97. The van der Waals surface area contributed by atoms with Crippen LogP contribution in [0.4, 0.5) is 5.82 Å². The van der Waals surface area contributed by atoms with Crippen molar-refractivity contribution in [1.29, 1.82) is 0 Å². The Morgan fingerprint density at radius 1 is 1.53 bits per heavy atom. The highest BCUT2D eigenvalue weighted by Gasteiger charge is 2.27. The van der Waals surface area contributed by atoms with E-state index in [2.05, 4.69) is 39.7 Å². The molecule has 2 atom stereocenters. The van der Waals surface area contributed by atoms with Crippen LogP contribution in [0, 0.1) is 6.92 Å². The summed E-state index contributed by atoms with van der Waals surface area (Å²) in [6.07, 6.45) is 5.54. The van der Waals surface area contributed by atoms with Crippen LogP contribution < -0.4 is 10.6 Å². The van der Waals surface area contributed by atoms with Crippen molar-refractivity contribution in [2.45, 2.75) is 45.2 Å². The van der Waals surface area contributed by atoms with E-state index in [1.165, 1.54) is 24.8 Å². The van der Waals surface area contributed by atoms with E-state index < -0.39 is 0 Å². The maximum atomic E-state index is 6.10. The molecule has 1 aliphatic rings. The second-order valence-electron chi connectivity index (χ2n) is 4.88. The van der Waals surface area contributed by atoms with Crippen LogP contribution in [-0.2, 0) is 0 Å². The smallest absolute Gasteiger partial charge is 0.143 e. The molecule has 4 heteroatoms. The average Bonchev–Trinajstić information content (AvgIpc) is 2.33. The molecule has 2 heterocycles. The normalized spacial score (nSPS) is 22.6. The molecule has 0 saturated carbocycles. The van der Waals surface area contributed by atoms with Crippen molar-refractivity contribution in [3.05, 3.63) is 22.3 Å². The average molecular weight is 298 g/mol. The van der Waals surface area contributed by atoms with Crippen LogP contribution in [0.5, 0.6) is 0 Å². The molecule has 0 aliphatic carbocycles. The highest BCUT2D eigenvalue weighted by atomic mass is 79.9. The largest absolute Gasteiger partial charge is 0.351 e. The Balaban J connectivity index is 2.33. The first-order valence-corrected chi connectivity index (χ1v) is 7.04. The molecule has 1 aromatic heterocycles. The van der Waals surface area contributed by atoms with E-state index in [-0.39, 0.29) is 6.04 Å².